The Bertz CT molecular complexity index is 404. The largest absolute Gasteiger partial charge is 0.363 e. The lowest BCUT2D eigenvalue weighted by Gasteiger charge is -2.34. The maximum absolute atomic E-state index is 11.6. The van der Waals surface area contributed by atoms with E-state index in [9.17, 15) is 4.79 Å². The van der Waals surface area contributed by atoms with Crippen LogP contribution < -0.4 is 10.5 Å². The van der Waals surface area contributed by atoms with Gasteiger partial charge in [-0.1, -0.05) is 11.6 Å². The van der Waals surface area contributed by atoms with Gasteiger partial charge in [-0.25, -0.2) is 5.10 Å². The fraction of sp³-hybridized carbons (Fsp3) is 0.600. The molecule has 15 heavy (non-hydrogen) atoms. The molecule has 1 N–H and O–H groups in total. The number of anilines is 1. The molecule has 1 aliphatic heterocycles. The summed E-state index contributed by atoms with van der Waals surface area (Å²) in [7, 11) is 0. The minimum absolute atomic E-state index is 0.198. The average molecular weight is 228 g/mol. The van der Waals surface area contributed by atoms with Crippen LogP contribution in [0.2, 0.25) is 5.02 Å². The van der Waals surface area contributed by atoms with Gasteiger partial charge in [0.25, 0.3) is 5.56 Å². The lowest BCUT2D eigenvalue weighted by atomic mass is 10.0. The molecule has 1 aliphatic rings. The van der Waals surface area contributed by atoms with Crippen LogP contribution in [0.3, 0.4) is 0 Å². The van der Waals surface area contributed by atoms with E-state index >= 15 is 0 Å². The summed E-state index contributed by atoms with van der Waals surface area (Å²) in [5.74, 6) is 0. The van der Waals surface area contributed by atoms with Crippen LogP contribution in [-0.4, -0.2) is 22.8 Å². The van der Waals surface area contributed by atoms with Crippen molar-refractivity contribution in [1.29, 1.82) is 0 Å². The Balaban J connectivity index is 2.39. The zero-order chi connectivity index (χ0) is 10.8. The highest BCUT2D eigenvalue weighted by Gasteiger charge is 2.22. The summed E-state index contributed by atoms with van der Waals surface area (Å²) in [5, 5.41) is 6.53. The predicted molar refractivity (Wildman–Crippen MR) is 60.5 cm³/mol. The first-order chi connectivity index (χ1) is 7.20. The third-order valence-corrected chi connectivity index (χ3v) is 3.15. The summed E-state index contributed by atoms with van der Waals surface area (Å²) in [5.41, 5.74) is 0.370. The van der Waals surface area contributed by atoms with Crippen LogP contribution in [0.25, 0.3) is 0 Å². The van der Waals surface area contributed by atoms with E-state index in [2.05, 4.69) is 22.0 Å². The second-order valence-corrected chi connectivity index (χ2v) is 4.34. The van der Waals surface area contributed by atoms with Crippen LogP contribution in [0.15, 0.2) is 11.0 Å². The Morgan fingerprint density at radius 3 is 3.07 bits per heavy atom. The molecule has 0 aliphatic carbocycles. The molecule has 1 aromatic rings. The van der Waals surface area contributed by atoms with Crippen LogP contribution in [0, 0.1) is 0 Å². The highest BCUT2D eigenvalue weighted by molar-refractivity contribution is 6.33. The number of hydrogen-bond acceptors (Lipinski definition) is 3. The van der Waals surface area contributed by atoms with Crippen molar-refractivity contribution in [3.63, 3.8) is 0 Å². The summed E-state index contributed by atoms with van der Waals surface area (Å²) >= 11 is 6.00. The highest BCUT2D eigenvalue weighted by atomic mass is 35.5. The van der Waals surface area contributed by atoms with Gasteiger partial charge in [-0.15, -0.1) is 0 Å². The van der Waals surface area contributed by atoms with Crippen LogP contribution in [0.4, 0.5) is 5.69 Å². The lowest BCUT2D eigenvalue weighted by molar-refractivity contribution is 0.483. The first kappa shape index (κ1) is 10.5. The van der Waals surface area contributed by atoms with Gasteiger partial charge < -0.3 is 4.90 Å². The third kappa shape index (κ3) is 2.00. The normalized spacial score (nSPS) is 21.7. The molecule has 1 fully saturated rings. The predicted octanol–water partition coefficient (Wildman–Crippen LogP) is 1.80. The van der Waals surface area contributed by atoms with Gasteiger partial charge in [0.05, 0.1) is 11.2 Å². The second-order valence-electron chi connectivity index (χ2n) is 3.93. The van der Waals surface area contributed by atoms with E-state index in [0.717, 1.165) is 19.4 Å². The van der Waals surface area contributed by atoms with Crippen molar-refractivity contribution in [2.24, 2.45) is 0 Å². The Morgan fingerprint density at radius 1 is 1.60 bits per heavy atom. The van der Waals surface area contributed by atoms with Gasteiger partial charge in [0.1, 0.15) is 5.69 Å². The Morgan fingerprint density at radius 2 is 2.40 bits per heavy atom. The number of rotatable bonds is 1. The SMILES string of the molecule is CC1CCCCN1c1c(Cl)cn[nH]c1=O. The van der Waals surface area contributed by atoms with Gasteiger partial charge >= 0.3 is 0 Å². The van der Waals surface area contributed by atoms with Gasteiger partial charge in [-0.3, -0.25) is 4.79 Å². The van der Waals surface area contributed by atoms with E-state index in [1.165, 1.54) is 12.6 Å². The number of aromatic amines is 1. The molecule has 0 radical (unpaired) electrons. The van der Waals surface area contributed by atoms with Crippen molar-refractivity contribution in [3.8, 4) is 0 Å². The van der Waals surface area contributed by atoms with Crippen molar-refractivity contribution >= 4 is 17.3 Å². The van der Waals surface area contributed by atoms with Crippen molar-refractivity contribution < 1.29 is 0 Å². The molecule has 82 valence electrons. The molecular formula is C10H14ClN3O. The smallest absolute Gasteiger partial charge is 0.289 e. The number of H-pyrrole nitrogens is 1. The quantitative estimate of drug-likeness (QED) is 0.796. The van der Waals surface area contributed by atoms with Crippen LogP contribution in [-0.2, 0) is 0 Å². The fourth-order valence-corrected chi connectivity index (χ4v) is 2.31. The molecule has 5 heteroatoms. The Labute approximate surface area is 93.2 Å². The third-order valence-electron chi connectivity index (χ3n) is 2.88. The molecule has 0 spiro atoms. The van der Waals surface area contributed by atoms with Crippen molar-refractivity contribution in [2.75, 3.05) is 11.4 Å². The lowest BCUT2D eigenvalue weighted by Crippen LogP contribution is -2.40. The summed E-state index contributed by atoms with van der Waals surface area (Å²) in [6.45, 7) is 3.02. The molecule has 0 bridgehead atoms. The van der Waals surface area contributed by atoms with Crippen molar-refractivity contribution in [3.05, 3.63) is 21.6 Å². The van der Waals surface area contributed by atoms with E-state index in [-0.39, 0.29) is 5.56 Å². The first-order valence-corrected chi connectivity index (χ1v) is 5.58. The topological polar surface area (TPSA) is 49.0 Å². The Kier molecular flexibility index (Phi) is 2.95. The summed E-state index contributed by atoms with van der Waals surface area (Å²) in [4.78, 5) is 13.7. The van der Waals surface area contributed by atoms with Gasteiger partial charge in [-0.05, 0) is 26.2 Å². The minimum Gasteiger partial charge on any atom is -0.363 e. The molecule has 1 unspecified atom stereocenters. The van der Waals surface area contributed by atoms with E-state index in [1.54, 1.807) is 0 Å². The standard InChI is InChI=1S/C10H14ClN3O/c1-7-4-2-3-5-14(7)9-8(11)6-12-13-10(9)15/h6-7H,2-5H2,1H3,(H,13,15). The highest BCUT2D eigenvalue weighted by Crippen LogP contribution is 2.26. The average Bonchev–Trinajstić information content (AvgIpc) is 2.20. The van der Waals surface area contributed by atoms with Crippen LogP contribution in [0.5, 0.6) is 0 Å². The molecule has 1 aromatic heterocycles. The number of nitrogens with one attached hydrogen (secondary N) is 1. The number of hydrogen-bond donors (Lipinski definition) is 1. The number of aromatic nitrogens is 2. The minimum atomic E-state index is -0.198. The molecule has 2 heterocycles. The van der Waals surface area contributed by atoms with E-state index in [4.69, 9.17) is 11.6 Å². The zero-order valence-electron chi connectivity index (χ0n) is 8.66. The maximum atomic E-state index is 11.6. The molecule has 4 nitrogen and oxygen atoms in total. The molecule has 1 atom stereocenters. The maximum Gasteiger partial charge on any atom is 0.289 e. The molecule has 2 rings (SSSR count). The number of piperidine rings is 1. The number of halogens is 1. The van der Waals surface area contributed by atoms with E-state index < -0.39 is 0 Å². The summed E-state index contributed by atoms with van der Waals surface area (Å²) in [6.07, 6.45) is 4.93. The second kappa shape index (κ2) is 4.23. The summed E-state index contributed by atoms with van der Waals surface area (Å²) < 4.78 is 0. The fourth-order valence-electron chi connectivity index (χ4n) is 2.07. The first-order valence-electron chi connectivity index (χ1n) is 5.20. The molecule has 1 saturated heterocycles. The molecule has 0 amide bonds. The number of nitrogens with zero attached hydrogens (tertiary/aromatic N) is 2. The van der Waals surface area contributed by atoms with Crippen LogP contribution in [0.1, 0.15) is 26.2 Å². The van der Waals surface area contributed by atoms with E-state index in [1.807, 2.05) is 0 Å². The van der Waals surface area contributed by atoms with Crippen molar-refractivity contribution in [2.45, 2.75) is 32.2 Å². The Hall–Kier alpha value is -1.03. The van der Waals surface area contributed by atoms with Gasteiger partial charge in [0.15, 0.2) is 0 Å². The van der Waals surface area contributed by atoms with Gasteiger partial charge in [-0.2, -0.15) is 5.10 Å². The molecular weight excluding hydrogens is 214 g/mol. The van der Waals surface area contributed by atoms with Gasteiger partial charge in [0.2, 0.25) is 0 Å². The zero-order valence-corrected chi connectivity index (χ0v) is 9.42. The van der Waals surface area contributed by atoms with Crippen LogP contribution >= 0.6 is 11.6 Å². The van der Waals surface area contributed by atoms with E-state index in [0.29, 0.717) is 16.8 Å². The van der Waals surface area contributed by atoms with Gasteiger partial charge in [0, 0.05) is 12.6 Å². The molecule has 0 saturated carbocycles. The molecule has 0 aromatic carbocycles. The summed E-state index contributed by atoms with van der Waals surface area (Å²) in [6, 6.07) is 0.375. The van der Waals surface area contributed by atoms with Crippen molar-refractivity contribution in [1.82, 2.24) is 10.2 Å². The monoisotopic (exact) mass is 227 g/mol.